The third-order valence-electron chi connectivity index (χ3n) is 3.44. The molecule has 2 atom stereocenters. The van der Waals surface area contributed by atoms with Gasteiger partial charge in [0.1, 0.15) is 0 Å². The fourth-order valence-electron chi connectivity index (χ4n) is 2.12. The van der Waals surface area contributed by atoms with Crippen LogP contribution in [0.1, 0.15) is 24.0 Å². The highest BCUT2D eigenvalue weighted by atomic mass is 35.5. The fourth-order valence-corrected chi connectivity index (χ4v) is 2.61. The maximum absolute atomic E-state index is 6.30. The maximum Gasteiger partial charge on any atom is 0.0453 e. The SMILES string of the molecule is CC(c1ccccc1)C(N)Cc1ccc(Cl)cc1Cl. The molecule has 2 aromatic rings. The molecule has 2 rings (SSSR count). The number of benzene rings is 2. The molecule has 0 aliphatic carbocycles. The van der Waals surface area contributed by atoms with Crippen molar-refractivity contribution in [1.29, 1.82) is 0 Å². The molecule has 1 nitrogen and oxygen atoms in total. The molecule has 0 radical (unpaired) electrons. The summed E-state index contributed by atoms with van der Waals surface area (Å²) in [5.74, 6) is 0.285. The van der Waals surface area contributed by atoms with Crippen molar-refractivity contribution in [2.24, 2.45) is 5.73 Å². The normalized spacial score (nSPS) is 14.1. The lowest BCUT2D eigenvalue weighted by Gasteiger charge is -2.21. The van der Waals surface area contributed by atoms with Crippen LogP contribution < -0.4 is 5.73 Å². The van der Waals surface area contributed by atoms with E-state index >= 15 is 0 Å². The first-order valence-electron chi connectivity index (χ1n) is 6.32. The van der Waals surface area contributed by atoms with E-state index in [-0.39, 0.29) is 12.0 Å². The van der Waals surface area contributed by atoms with E-state index in [1.807, 2.05) is 30.3 Å². The van der Waals surface area contributed by atoms with Gasteiger partial charge in [-0.3, -0.25) is 0 Å². The van der Waals surface area contributed by atoms with Crippen molar-refractivity contribution in [3.8, 4) is 0 Å². The van der Waals surface area contributed by atoms with E-state index in [4.69, 9.17) is 28.9 Å². The van der Waals surface area contributed by atoms with E-state index in [1.54, 1.807) is 6.07 Å². The quantitative estimate of drug-likeness (QED) is 0.871. The van der Waals surface area contributed by atoms with Gasteiger partial charge in [-0.25, -0.2) is 0 Å². The molecule has 19 heavy (non-hydrogen) atoms. The Hall–Kier alpha value is -1.02. The Morgan fingerprint density at radius 3 is 2.37 bits per heavy atom. The van der Waals surface area contributed by atoms with Crippen molar-refractivity contribution in [3.63, 3.8) is 0 Å². The summed E-state index contributed by atoms with van der Waals surface area (Å²) in [6.07, 6.45) is 0.742. The second-order valence-corrected chi connectivity index (χ2v) is 5.65. The first-order valence-corrected chi connectivity index (χ1v) is 7.08. The zero-order valence-electron chi connectivity index (χ0n) is 10.8. The fraction of sp³-hybridized carbons (Fsp3) is 0.250. The molecule has 0 aromatic heterocycles. The molecular formula is C16H17Cl2N. The van der Waals surface area contributed by atoms with Gasteiger partial charge in [-0.05, 0) is 35.6 Å². The highest BCUT2D eigenvalue weighted by Crippen LogP contribution is 2.25. The predicted octanol–water partition coefficient (Wildman–Crippen LogP) is 4.67. The van der Waals surface area contributed by atoms with Crippen LogP contribution in [0.2, 0.25) is 10.0 Å². The molecule has 0 amide bonds. The molecule has 0 saturated heterocycles. The van der Waals surface area contributed by atoms with Crippen molar-refractivity contribution in [2.75, 3.05) is 0 Å². The van der Waals surface area contributed by atoms with Crippen LogP contribution in [0.25, 0.3) is 0 Å². The van der Waals surface area contributed by atoms with E-state index < -0.39 is 0 Å². The van der Waals surface area contributed by atoms with Crippen LogP contribution in [0.15, 0.2) is 48.5 Å². The molecule has 2 N–H and O–H groups in total. The Morgan fingerprint density at radius 2 is 1.74 bits per heavy atom. The highest BCUT2D eigenvalue weighted by molar-refractivity contribution is 6.35. The minimum atomic E-state index is 0.0288. The van der Waals surface area contributed by atoms with Gasteiger partial charge in [0.25, 0.3) is 0 Å². The van der Waals surface area contributed by atoms with E-state index in [1.165, 1.54) is 5.56 Å². The molecule has 0 aliphatic rings. The second kappa shape index (κ2) is 6.42. The van der Waals surface area contributed by atoms with Gasteiger partial charge in [0.15, 0.2) is 0 Å². The van der Waals surface area contributed by atoms with Crippen LogP contribution in [-0.2, 0) is 6.42 Å². The molecule has 2 unspecified atom stereocenters. The van der Waals surface area contributed by atoms with Gasteiger partial charge in [-0.15, -0.1) is 0 Å². The van der Waals surface area contributed by atoms with Crippen molar-refractivity contribution in [3.05, 3.63) is 69.7 Å². The average Bonchev–Trinajstić information content (AvgIpc) is 2.42. The van der Waals surface area contributed by atoms with E-state index in [2.05, 4.69) is 19.1 Å². The summed E-state index contributed by atoms with van der Waals surface area (Å²) >= 11 is 12.1. The second-order valence-electron chi connectivity index (χ2n) is 4.80. The third kappa shape index (κ3) is 3.73. The van der Waals surface area contributed by atoms with Gasteiger partial charge in [0.05, 0.1) is 0 Å². The van der Waals surface area contributed by atoms with Crippen LogP contribution in [0.4, 0.5) is 0 Å². The van der Waals surface area contributed by atoms with Crippen LogP contribution >= 0.6 is 23.2 Å². The number of hydrogen-bond acceptors (Lipinski definition) is 1. The van der Waals surface area contributed by atoms with E-state index in [9.17, 15) is 0 Å². The first kappa shape index (κ1) is 14.4. The standard InChI is InChI=1S/C16H17Cl2N/c1-11(12-5-3-2-4-6-12)16(19)9-13-7-8-14(17)10-15(13)18/h2-8,10-11,16H,9,19H2,1H3. The highest BCUT2D eigenvalue weighted by Gasteiger charge is 2.16. The number of halogens is 2. The number of rotatable bonds is 4. The van der Waals surface area contributed by atoms with Gasteiger partial charge in [-0.2, -0.15) is 0 Å². The molecule has 0 saturated carbocycles. The van der Waals surface area contributed by atoms with Gasteiger partial charge < -0.3 is 5.73 Å². The molecule has 2 aromatic carbocycles. The van der Waals surface area contributed by atoms with Crippen LogP contribution in [0.3, 0.4) is 0 Å². The lowest BCUT2D eigenvalue weighted by atomic mass is 9.90. The van der Waals surface area contributed by atoms with Gasteiger partial charge >= 0.3 is 0 Å². The minimum absolute atomic E-state index is 0.0288. The summed E-state index contributed by atoms with van der Waals surface area (Å²) in [4.78, 5) is 0. The van der Waals surface area contributed by atoms with Gasteiger partial charge in [-0.1, -0.05) is 66.5 Å². The van der Waals surface area contributed by atoms with Crippen molar-refractivity contribution >= 4 is 23.2 Å². The summed E-state index contributed by atoms with van der Waals surface area (Å²) in [5.41, 5.74) is 8.59. The summed E-state index contributed by atoms with van der Waals surface area (Å²) in [7, 11) is 0. The molecule has 0 aliphatic heterocycles. The number of hydrogen-bond donors (Lipinski definition) is 1. The van der Waals surface area contributed by atoms with E-state index in [0.717, 1.165) is 12.0 Å². The Morgan fingerprint density at radius 1 is 1.05 bits per heavy atom. The van der Waals surface area contributed by atoms with Gasteiger partial charge in [0, 0.05) is 16.1 Å². The number of nitrogens with two attached hydrogens (primary N) is 1. The summed E-state index contributed by atoms with van der Waals surface area (Å²) in [6, 6.07) is 15.9. The molecule has 3 heteroatoms. The Bertz CT molecular complexity index is 540. The topological polar surface area (TPSA) is 26.0 Å². The Kier molecular flexibility index (Phi) is 4.87. The van der Waals surface area contributed by atoms with Crippen LogP contribution in [-0.4, -0.2) is 6.04 Å². The monoisotopic (exact) mass is 293 g/mol. The molecule has 0 heterocycles. The Labute approximate surface area is 124 Å². The Balaban J connectivity index is 2.10. The van der Waals surface area contributed by atoms with Crippen molar-refractivity contribution in [2.45, 2.75) is 25.3 Å². The average molecular weight is 294 g/mol. The maximum atomic E-state index is 6.30. The third-order valence-corrected chi connectivity index (χ3v) is 4.03. The smallest absolute Gasteiger partial charge is 0.0453 e. The van der Waals surface area contributed by atoms with Gasteiger partial charge in [0.2, 0.25) is 0 Å². The zero-order valence-corrected chi connectivity index (χ0v) is 12.3. The largest absolute Gasteiger partial charge is 0.327 e. The molecular weight excluding hydrogens is 277 g/mol. The summed E-state index contributed by atoms with van der Waals surface area (Å²) in [5, 5.41) is 1.33. The summed E-state index contributed by atoms with van der Waals surface area (Å²) in [6.45, 7) is 2.14. The van der Waals surface area contributed by atoms with Crippen LogP contribution in [0.5, 0.6) is 0 Å². The van der Waals surface area contributed by atoms with Crippen LogP contribution in [0, 0.1) is 0 Å². The van der Waals surface area contributed by atoms with Crippen molar-refractivity contribution < 1.29 is 0 Å². The molecule has 0 spiro atoms. The summed E-state index contributed by atoms with van der Waals surface area (Å²) < 4.78 is 0. The lowest BCUT2D eigenvalue weighted by Crippen LogP contribution is -2.29. The van der Waals surface area contributed by atoms with Crippen molar-refractivity contribution in [1.82, 2.24) is 0 Å². The lowest BCUT2D eigenvalue weighted by molar-refractivity contribution is 0.564. The predicted molar refractivity (Wildman–Crippen MR) is 83.0 cm³/mol. The van der Waals surface area contributed by atoms with E-state index in [0.29, 0.717) is 10.0 Å². The minimum Gasteiger partial charge on any atom is -0.327 e. The first-order chi connectivity index (χ1) is 9.08. The molecule has 0 bridgehead atoms. The molecule has 0 fully saturated rings. The zero-order chi connectivity index (χ0) is 13.8. The molecule has 100 valence electrons.